The molecule has 2 rings (SSSR count). The van der Waals surface area contributed by atoms with Crippen LogP contribution in [0.15, 0.2) is 46.9 Å². The van der Waals surface area contributed by atoms with Gasteiger partial charge in [-0.2, -0.15) is 5.26 Å². The van der Waals surface area contributed by atoms with Crippen molar-refractivity contribution < 1.29 is 4.74 Å². The lowest BCUT2D eigenvalue weighted by atomic mass is 10.2. The molecule has 0 aromatic heterocycles. The Morgan fingerprint density at radius 2 is 1.78 bits per heavy atom. The van der Waals surface area contributed by atoms with Gasteiger partial charge >= 0.3 is 0 Å². The molecule has 4 heteroatoms. The molecule has 3 nitrogen and oxygen atoms in total. The van der Waals surface area contributed by atoms with Gasteiger partial charge in [0.2, 0.25) is 0 Å². The Balaban J connectivity index is 2.20. The van der Waals surface area contributed by atoms with Crippen molar-refractivity contribution in [2.24, 2.45) is 0 Å². The van der Waals surface area contributed by atoms with E-state index < -0.39 is 0 Å². The summed E-state index contributed by atoms with van der Waals surface area (Å²) in [5, 5.41) is 12.0. The quantitative estimate of drug-likeness (QED) is 0.929. The molecular formula is C14H11BrN2O. The number of nitriles is 1. The second kappa shape index (κ2) is 5.56. The molecule has 0 saturated carbocycles. The Morgan fingerprint density at radius 3 is 2.39 bits per heavy atom. The van der Waals surface area contributed by atoms with Crippen LogP contribution < -0.4 is 10.1 Å². The predicted molar refractivity (Wildman–Crippen MR) is 75.1 cm³/mol. The Kier molecular flexibility index (Phi) is 3.85. The van der Waals surface area contributed by atoms with Crippen LogP contribution in [-0.4, -0.2) is 7.11 Å². The number of hydrogen-bond acceptors (Lipinski definition) is 3. The number of ether oxygens (including phenoxy) is 1. The highest BCUT2D eigenvalue weighted by Crippen LogP contribution is 2.29. The molecule has 0 bridgehead atoms. The molecule has 0 amide bonds. The topological polar surface area (TPSA) is 45.0 Å². The van der Waals surface area contributed by atoms with Gasteiger partial charge in [-0.05, 0) is 52.3 Å². The molecule has 0 radical (unpaired) electrons. The molecule has 0 saturated heterocycles. The molecule has 0 aliphatic heterocycles. The van der Waals surface area contributed by atoms with E-state index in [9.17, 15) is 0 Å². The summed E-state index contributed by atoms with van der Waals surface area (Å²) in [6, 6.07) is 15.2. The smallest absolute Gasteiger partial charge is 0.135 e. The monoisotopic (exact) mass is 302 g/mol. The molecule has 18 heavy (non-hydrogen) atoms. The Labute approximate surface area is 114 Å². The fraction of sp³-hybridized carbons (Fsp3) is 0.0714. The van der Waals surface area contributed by atoms with Crippen molar-refractivity contribution >= 4 is 27.3 Å². The fourth-order valence-corrected chi connectivity index (χ4v) is 1.94. The number of benzene rings is 2. The Morgan fingerprint density at radius 1 is 1.11 bits per heavy atom. The molecular weight excluding hydrogens is 292 g/mol. The van der Waals surface area contributed by atoms with Crippen LogP contribution in [0.25, 0.3) is 0 Å². The maximum atomic E-state index is 8.72. The maximum Gasteiger partial charge on any atom is 0.135 e. The van der Waals surface area contributed by atoms with Gasteiger partial charge in [0, 0.05) is 17.4 Å². The fourth-order valence-electron chi connectivity index (χ4n) is 1.53. The number of halogens is 1. The lowest BCUT2D eigenvalue weighted by Crippen LogP contribution is -1.92. The van der Waals surface area contributed by atoms with E-state index >= 15 is 0 Å². The summed E-state index contributed by atoms with van der Waals surface area (Å²) in [5.41, 5.74) is 2.51. The minimum Gasteiger partial charge on any atom is -0.495 e. The molecule has 0 spiro atoms. The van der Waals surface area contributed by atoms with E-state index in [1.807, 2.05) is 30.3 Å². The minimum atomic E-state index is 0.647. The molecule has 0 aliphatic carbocycles. The van der Waals surface area contributed by atoms with E-state index in [2.05, 4.69) is 27.3 Å². The summed E-state index contributed by atoms with van der Waals surface area (Å²) < 4.78 is 6.14. The van der Waals surface area contributed by atoms with Crippen molar-refractivity contribution in [3.8, 4) is 11.8 Å². The van der Waals surface area contributed by atoms with E-state index in [0.29, 0.717) is 5.56 Å². The largest absolute Gasteiger partial charge is 0.495 e. The van der Waals surface area contributed by atoms with Crippen molar-refractivity contribution in [2.45, 2.75) is 0 Å². The van der Waals surface area contributed by atoms with Crippen LogP contribution in [0.4, 0.5) is 11.4 Å². The third-order valence-corrected chi connectivity index (χ3v) is 3.11. The summed E-state index contributed by atoms with van der Waals surface area (Å²) in [5.74, 6) is 0.772. The molecule has 2 aromatic carbocycles. The Bertz CT molecular complexity index is 588. The molecule has 0 atom stereocenters. The van der Waals surface area contributed by atoms with Gasteiger partial charge in [-0.25, -0.2) is 0 Å². The SMILES string of the molecule is COc1cc(Nc2ccc(C#N)cc2)ccc1Br. The molecule has 0 aliphatic rings. The highest BCUT2D eigenvalue weighted by atomic mass is 79.9. The van der Waals surface area contributed by atoms with Crippen LogP contribution >= 0.6 is 15.9 Å². The van der Waals surface area contributed by atoms with Gasteiger partial charge in [-0.1, -0.05) is 0 Å². The molecule has 90 valence electrons. The van der Waals surface area contributed by atoms with E-state index in [-0.39, 0.29) is 0 Å². The summed E-state index contributed by atoms with van der Waals surface area (Å²) >= 11 is 3.41. The molecule has 1 N–H and O–H groups in total. The normalized spacial score (nSPS) is 9.61. The van der Waals surface area contributed by atoms with Crippen molar-refractivity contribution in [1.82, 2.24) is 0 Å². The van der Waals surface area contributed by atoms with E-state index in [4.69, 9.17) is 10.00 Å². The molecule has 2 aromatic rings. The van der Waals surface area contributed by atoms with Gasteiger partial charge in [-0.3, -0.25) is 0 Å². The number of rotatable bonds is 3. The third-order valence-electron chi connectivity index (χ3n) is 2.45. The van der Waals surface area contributed by atoms with E-state index in [0.717, 1.165) is 21.6 Å². The van der Waals surface area contributed by atoms with Gasteiger partial charge in [0.05, 0.1) is 23.2 Å². The van der Waals surface area contributed by atoms with Crippen molar-refractivity contribution in [2.75, 3.05) is 12.4 Å². The Hall–Kier alpha value is -1.99. The molecule has 0 heterocycles. The molecule has 0 unspecified atom stereocenters. The van der Waals surface area contributed by atoms with Crippen LogP contribution in [0.3, 0.4) is 0 Å². The first kappa shape index (κ1) is 12.5. The summed E-state index contributed by atoms with van der Waals surface area (Å²) in [6.07, 6.45) is 0. The number of nitrogens with zero attached hydrogens (tertiary/aromatic N) is 1. The molecule has 0 fully saturated rings. The predicted octanol–water partition coefficient (Wildman–Crippen LogP) is 4.07. The van der Waals surface area contributed by atoms with Gasteiger partial charge in [-0.15, -0.1) is 0 Å². The van der Waals surface area contributed by atoms with Gasteiger partial charge in [0.15, 0.2) is 0 Å². The first-order chi connectivity index (χ1) is 8.72. The zero-order chi connectivity index (χ0) is 13.0. The van der Waals surface area contributed by atoms with E-state index in [1.54, 1.807) is 19.2 Å². The highest BCUT2D eigenvalue weighted by molar-refractivity contribution is 9.10. The van der Waals surface area contributed by atoms with Crippen LogP contribution in [-0.2, 0) is 0 Å². The first-order valence-electron chi connectivity index (χ1n) is 5.33. The zero-order valence-corrected chi connectivity index (χ0v) is 11.4. The second-order valence-electron chi connectivity index (χ2n) is 3.66. The summed E-state index contributed by atoms with van der Waals surface area (Å²) in [4.78, 5) is 0. The van der Waals surface area contributed by atoms with Crippen molar-refractivity contribution in [3.63, 3.8) is 0 Å². The second-order valence-corrected chi connectivity index (χ2v) is 4.52. The van der Waals surface area contributed by atoms with Crippen LogP contribution in [0.1, 0.15) is 5.56 Å². The lowest BCUT2D eigenvalue weighted by Gasteiger charge is -2.09. The zero-order valence-electron chi connectivity index (χ0n) is 9.77. The number of anilines is 2. The number of methoxy groups -OCH3 is 1. The maximum absolute atomic E-state index is 8.72. The minimum absolute atomic E-state index is 0.647. The van der Waals surface area contributed by atoms with Crippen molar-refractivity contribution in [1.29, 1.82) is 5.26 Å². The average molecular weight is 303 g/mol. The number of hydrogen-bond donors (Lipinski definition) is 1. The van der Waals surface area contributed by atoms with Crippen LogP contribution in [0.5, 0.6) is 5.75 Å². The summed E-state index contributed by atoms with van der Waals surface area (Å²) in [7, 11) is 1.63. The lowest BCUT2D eigenvalue weighted by molar-refractivity contribution is 0.412. The van der Waals surface area contributed by atoms with Crippen LogP contribution in [0.2, 0.25) is 0 Å². The third kappa shape index (κ3) is 2.82. The highest BCUT2D eigenvalue weighted by Gasteiger charge is 2.02. The average Bonchev–Trinajstić information content (AvgIpc) is 2.42. The summed E-state index contributed by atoms with van der Waals surface area (Å²) in [6.45, 7) is 0. The van der Waals surface area contributed by atoms with Crippen molar-refractivity contribution in [3.05, 3.63) is 52.5 Å². The first-order valence-corrected chi connectivity index (χ1v) is 6.13. The standard InChI is InChI=1S/C14H11BrN2O/c1-18-14-8-12(6-7-13(14)15)17-11-4-2-10(9-16)3-5-11/h2-8,17H,1H3. The van der Waals surface area contributed by atoms with Gasteiger partial charge < -0.3 is 10.1 Å². The van der Waals surface area contributed by atoms with Crippen LogP contribution in [0, 0.1) is 11.3 Å². The van der Waals surface area contributed by atoms with E-state index in [1.165, 1.54) is 0 Å². The van der Waals surface area contributed by atoms with Gasteiger partial charge in [0.1, 0.15) is 5.75 Å². The number of nitrogens with one attached hydrogen (secondary N) is 1. The van der Waals surface area contributed by atoms with Gasteiger partial charge in [0.25, 0.3) is 0 Å².